The van der Waals surface area contributed by atoms with Gasteiger partial charge in [-0.1, -0.05) is 30.3 Å². The number of anilines is 1. The second kappa shape index (κ2) is 11.9. The van der Waals surface area contributed by atoms with Crippen molar-refractivity contribution in [2.75, 3.05) is 31.6 Å². The molecule has 1 N–H and O–H groups in total. The number of nitrogens with one attached hydrogen (secondary N) is 1. The summed E-state index contributed by atoms with van der Waals surface area (Å²) in [5, 5.41) is 7.70. The molecule has 6 rings (SSSR count). The number of methoxy groups -OCH3 is 1. The maximum absolute atomic E-state index is 15.3. The molecule has 1 saturated carbocycles. The zero-order valence-electron chi connectivity index (χ0n) is 24.6. The van der Waals surface area contributed by atoms with Gasteiger partial charge in [-0.15, -0.1) is 0 Å². The van der Waals surface area contributed by atoms with Crippen LogP contribution in [0.15, 0.2) is 54.6 Å². The fourth-order valence-electron chi connectivity index (χ4n) is 5.59. The molecule has 0 spiro atoms. The maximum Gasteiger partial charge on any atom is 0.305 e. The molecular weight excluding hydrogens is 547 g/mol. The van der Waals surface area contributed by atoms with E-state index in [-0.39, 0.29) is 29.3 Å². The van der Waals surface area contributed by atoms with Crippen LogP contribution in [0.2, 0.25) is 0 Å². The number of pyridine rings is 1. The van der Waals surface area contributed by atoms with E-state index in [1.54, 1.807) is 28.8 Å². The summed E-state index contributed by atoms with van der Waals surface area (Å²) >= 11 is 0. The molecule has 1 aliphatic heterocycles. The third kappa shape index (κ3) is 6.00. The molecule has 0 atom stereocenters. The lowest BCUT2D eigenvalue weighted by Crippen LogP contribution is -2.48. The first kappa shape index (κ1) is 28.5. The molecule has 1 amide bonds. The molecule has 10 heteroatoms. The maximum atomic E-state index is 15.3. The molecule has 3 aromatic heterocycles. The highest BCUT2D eigenvalue weighted by Gasteiger charge is 2.31. The molecule has 222 valence electrons. The van der Waals surface area contributed by atoms with Crippen molar-refractivity contribution >= 4 is 28.9 Å². The number of fused-ring (bicyclic) bond motifs is 1. The van der Waals surface area contributed by atoms with Crippen LogP contribution in [0.25, 0.3) is 22.5 Å². The van der Waals surface area contributed by atoms with Gasteiger partial charge in [-0.05, 0) is 68.0 Å². The highest BCUT2D eigenvalue weighted by Crippen LogP contribution is 2.40. The highest BCUT2D eigenvalue weighted by molar-refractivity contribution is 5.93. The largest absolute Gasteiger partial charge is 0.469 e. The van der Waals surface area contributed by atoms with E-state index in [9.17, 15) is 9.59 Å². The van der Waals surface area contributed by atoms with Gasteiger partial charge in [-0.3, -0.25) is 9.59 Å². The molecule has 1 aliphatic carbocycles. The van der Waals surface area contributed by atoms with Gasteiger partial charge in [0, 0.05) is 43.2 Å². The van der Waals surface area contributed by atoms with Crippen LogP contribution in [-0.2, 0) is 16.0 Å². The number of carbonyl (C=O) groups is 2. The van der Waals surface area contributed by atoms with Crippen molar-refractivity contribution in [2.24, 2.45) is 5.92 Å². The van der Waals surface area contributed by atoms with Crippen LogP contribution in [0.3, 0.4) is 0 Å². The van der Waals surface area contributed by atoms with E-state index >= 15 is 4.39 Å². The van der Waals surface area contributed by atoms with Gasteiger partial charge >= 0.3 is 5.97 Å². The Morgan fingerprint density at radius 3 is 2.63 bits per heavy atom. The lowest BCUT2D eigenvalue weighted by Gasteiger charge is -2.39. The summed E-state index contributed by atoms with van der Waals surface area (Å²) in [6.07, 6.45) is 5.15. The van der Waals surface area contributed by atoms with Crippen molar-refractivity contribution in [3.05, 3.63) is 83.1 Å². The van der Waals surface area contributed by atoms with E-state index in [1.165, 1.54) is 23.8 Å². The fraction of sp³-hybridized carbons (Fsp3) is 0.364. The summed E-state index contributed by atoms with van der Waals surface area (Å²) in [6, 6.07) is 15.2. The molecule has 1 saturated heterocycles. The molecule has 9 nitrogen and oxygen atoms in total. The number of rotatable bonds is 10. The van der Waals surface area contributed by atoms with E-state index in [0.717, 1.165) is 18.5 Å². The average Bonchev–Trinajstić information content (AvgIpc) is 3.76. The van der Waals surface area contributed by atoms with Gasteiger partial charge < -0.3 is 15.0 Å². The molecular formula is C33H35FN6O3. The highest BCUT2D eigenvalue weighted by atomic mass is 19.1. The summed E-state index contributed by atoms with van der Waals surface area (Å²) in [5.41, 5.74) is 5.96. The van der Waals surface area contributed by atoms with E-state index in [2.05, 4.69) is 45.5 Å². The predicted molar refractivity (Wildman–Crippen MR) is 162 cm³/mol. The Morgan fingerprint density at radius 1 is 1.12 bits per heavy atom. The Balaban J connectivity index is 1.18. The number of hydrogen-bond donors (Lipinski definition) is 1. The summed E-state index contributed by atoms with van der Waals surface area (Å²) < 4.78 is 21.7. The Bertz CT molecular complexity index is 1720. The van der Waals surface area contributed by atoms with Crippen LogP contribution < -0.4 is 10.2 Å². The number of carbonyl (C=O) groups excluding carboxylic acids is 2. The van der Waals surface area contributed by atoms with Gasteiger partial charge in [0.25, 0.3) is 5.91 Å². The number of nitrogens with zero attached hydrogens (tertiary/aromatic N) is 5. The smallest absolute Gasteiger partial charge is 0.305 e. The van der Waals surface area contributed by atoms with Crippen molar-refractivity contribution in [1.82, 2.24) is 24.9 Å². The van der Waals surface area contributed by atoms with Crippen LogP contribution in [-0.4, -0.2) is 58.2 Å². The number of benzene rings is 1. The Morgan fingerprint density at radius 2 is 1.91 bits per heavy atom. The van der Waals surface area contributed by atoms with Crippen LogP contribution in [0.5, 0.6) is 0 Å². The number of esters is 1. The first-order valence-corrected chi connectivity index (χ1v) is 14.7. The number of allylic oxidation sites excluding steroid dienone is 2. The van der Waals surface area contributed by atoms with Crippen LogP contribution >= 0.6 is 0 Å². The van der Waals surface area contributed by atoms with Crippen molar-refractivity contribution in [3.63, 3.8) is 0 Å². The monoisotopic (exact) mass is 582 g/mol. The Hall–Kier alpha value is -4.60. The minimum Gasteiger partial charge on any atom is -0.469 e. The molecule has 1 aromatic carbocycles. The molecule has 0 bridgehead atoms. The van der Waals surface area contributed by atoms with Crippen molar-refractivity contribution in [2.45, 2.75) is 45.4 Å². The molecule has 43 heavy (non-hydrogen) atoms. The van der Waals surface area contributed by atoms with Crippen LogP contribution in [0.4, 0.5) is 10.2 Å². The van der Waals surface area contributed by atoms with E-state index in [4.69, 9.17) is 4.74 Å². The van der Waals surface area contributed by atoms with Gasteiger partial charge in [0.1, 0.15) is 11.5 Å². The zero-order valence-corrected chi connectivity index (χ0v) is 24.6. The normalized spacial score (nSPS) is 15.4. The van der Waals surface area contributed by atoms with E-state index < -0.39 is 5.95 Å². The molecule has 0 unspecified atom stereocenters. The summed E-state index contributed by atoms with van der Waals surface area (Å²) in [7, 11) is 1.38. The third-order valence-electron chi connectivity index (χ3n) is 8.31. The van der Waals surface area contributed by atoms with Gasteiger partial charge in [0.05, 0.1) is 24.8 Å². The topological polar surface area (TPSA) is 102 Å². The van der Waals surface area contributed by atoms with Crippen molar-refractivity contribution in [3.8, 4) is 11.3 Å². The van der Waals surface area contributed by atoms with Crippen LogP contribution in [0, 0.1) is 11.9 Å². The summed E-state index contributed by atoms with van der Waals surface area (Å²) in [6.45, 7) is 5.83. The van der Waals surface area contributed by atoms with Crippen molar-refractivity contribution in [1.29, 1.82) is 0 Å². The zero-order chi connectivity index (χ0) is 30.1. The number of amides is 1. The van der Waals surface area contributed by atoms with E-state index in [1.807, 2.05) is 24.0 Å². The van der Waals surface area contributed by atoms with Gasteiger partial charge in [0.2, 0.25) is 5.95 Å². The minimum atomic E-state index is -0.628. The van der Waals surface area contributed by atoms with Gasteiger partial charge in [-0.2, -0.15) is 9.49 Å². The van der Waals surface area contributed by atoms with Gasteiger partial charge in [-0.25, -0.2) is 14.5 Å². The van der Waals surface area contributed by atoms with Crippen LogP contribution in [0.1, 0.15) is 66.3 Å². The Kier molecular flexibility index (Phi) is 7.92. The first-order chi connectivity index (χ1) is 20.8. The predicted octanol–water partition coefficient (Wildman–Crippen LogP) is 5.20. The molecule has 4 heterocycles. The standard InChI is InChI=1S/C33H35FN6O3/c1-4-20(2)24-8-6-5-7-22(24)13-14-35-33(42)27-16-28(23-9-10-23)40-30(36-27)17-26(38-40)25-11-12-29(37-32(25)34)39-18-21(19-39)15-31(41)43-3/h4-8,11-12,16-17,21,23H,9-10,13-15,18-19H2,1-3H3,(H,35,42)/b20-4-. The lowest BCUT2D eigenvalue weighted by atomic mass is 9.96. The number of ether oxygens (including phenoxy) is 1. The van der Waals surface area contributed by atoms with Gasteiger partial charge in [0.15, 0.2) is 5.65 Å². The summed E-state index contributed by atoms with van der Waals surface area (Å²) in [4.78, 5) is 35.4. The molecule has 4 aromatic rings. The minimum absolute atomic E-state index is 0.173. The third-order valence-corrected chi connectivity index (χ3v) is 8.31. The average molecular weight is 583 g/mol. The quantitative estimate of drug-likeness (QED) is 0.203. The molecule has 2 aliphatic rings. The number of aromatic nitrogens is 4. The second-order valence-corrected chi connectivity index (χ2v) is 11.3. The second-order valence-electron chi connectivity index (χ2n) is 11.3. The molecule has 2 fully saturated rings. The summed E-state index contributed by atoms with van der Waals surface area (Å²) in [5.74, 6) is -0.138. The van der Waals surface area contributed by atoms with Crippen molar-refractivity contribution < 1.29 is 18.7 Å². The van der Waals surface area contributed by atoms with E-state index in [0.29, 0.717) is 55.3 Å². The Labute approximate surface area is 249 Å². The number of hydrogen-bond acceptors (Lipinski definition) is 7. The SMILES string of the molecule is C/C=C(/C)c1ccccc1CCNC(=O)c1cc(C2CC2)n2nc(-c3ccc(N4CC(CC(=O)OC)C4)nc3F)cc2n1. The fourth-order valence-corrected chi connectivity index (χ4v) is 5.59. The first-order valence-electron chi connectivity index (χ1n) is 14.7. The molecule has 0 radical (unpaired) electrons. The number of halogens is 1. The lowest BCUT2D eigenvalue weighted by molar-refractivity contribution is -0.141.